The molecule has 2 heterocycles. The molecule has 1 fully saturated rings. The summed E-state index contributed by atoms with van der Waals surface area (Å²) in [5, 5.41) is 9.91. The molecule has 0 aromatic rings. The third kappa shape index (κ3) is 5.46. The summed E-state index contributed by atoms with van der Waals surface area (Å²) in [6.07, 6.45) is -1.06. The zero-order valence-electron chi connectivity index (χ0n) is 13.9. The van der Waals surface area contributed by atoms with Gasteiger partial charge in [0, 0.05) is 28.0 Å². The molecule has 6 atom stereocenters. The van der Waals surface area contributed by atoms with Gasteiger partial charge in [-0.3, -0.25) is 0 Å². The van der Waals surface area contributed by atoms with Gasteiger partial charge in [-0.05, 0) is 18.2 Å². The molecule has 135 valence electrons. The first kappa shape index (κ1) is 21.2. The van der Waals surface area contributed by atoms with Crippen LogP contribution in [-0.2, 0) is 39.8 Å². The SMILES string of the molecule is [B][B][C@H]1C[C@@H](OC)[C@@H](COP([O-])(=S)OC2=C(O)C([B])OC2COC)O1. The first-order valence-corrected chi connectivity index (χ1v) is 10.1. The Hall–Kier alpha value is -0.0552. The quantitative estimate of drug-likeness (QED) is 0.389. The predicted molar refractivity (Wildman–Crippen MR) is 92.9 cm³/mol. The average Bonchev–Trinajstić information content (AvgIpc) is 3.09. The summed E-state index contributed by atoms with van der Waals surface area (Å²) in [6, 6.07) is -1.40. The van der Waals surface area contributed by atoms with Gasteiger partial charge in [0.25, 0.3) is 0 Å². The molecule has 3 unspecified atom stereocenters. The fourth-order valence-electron chi connectivity index (χ4n) is 2.56. The molecular weight excluding hydrogens is 368 g/mol. The van der Waals surface area contributed by atoms with Gasteiger partial charge >= 0.3 is 0 Å². The van der Waals surface area contributed by atoms with E-state index < -0.39 is 30.7 Å². The van der Waals surface area contributed by atoms with E-state index in [0.717, 1.165) is 0 Å². The molecule has 0 aromatic carbocycles. The second-order valence-corrected chi connectivity index (χ2v) is 8.18. The van der Waals surface area contributed by atoms with Gasteiger partial charge in [0.05, 0.1) is 32.5 Å². The average molecular weight is 386 g/mol. The molecule has 2 aliphatic rings. The maximum atomic E-state index is 12.4. The lowest BCUT2D eigenvalue weighted by Crippen LogP contribution is -2.29. The van der Waals surface area contributed by atoms with E-state index in [0.29, 0.717) is 6.42 Å². The van der Waals surface area contributed by atoms with Crippen LogP contribution in [0.1, 0.15) is 6.42 Å². The Morgan fingerprint density at radius 2 is 2.12 bits per heavy atom. The minimum absolute atomic E-state index is 0.0356. The lowest BCUT2D eigenvalue weighted by atomic mass is 9.51. The number of aliphatic hydroxyl groups excluding tert-OH is 1. The highest BCUT2D eigenvalue weighted by molar-refractivity contribution is 8.06. The molecule has 0 aromatic heterocycles. The molecule has 5 radical (unpaired) electrons. The molecule has 0 amide bonds. The van der Waals surface area contributed by atoms with Crippen LogP contribution in [0.3, 0.4) is 0 Å². The second-order valence-electron chi connectivity index (χ2n) is 5.50. The van der Waals surface area contributed by atoms with Crippen molar-refractivity contribution in [3.05, 3.63) is 11.5 Å². The predicted octanol–water partition coefficient (Wildman–Crippen LogP) is -1.17. The zero-order chi connectivity index (χ0) is 18.6. The van der Waals surface area contributed by atoms with Crippen molar-refractivity contribution >= 4 is 41.3 Å². The largest absolute Gasteiger partial charge is 0.770 e. The van der Waals surface area contributed by atoms with Gasteiger partial charge in [0.2, 0.25) is 0 Å². The van der Waals surface area contributed by atoms with E-state index in [1.54, 1.807) is 0 Å². The fourth-order valence-corrected chi connectivity index (χ4v) is 3.82. The van der Waals surface area contributed by atoms with Gasteiger partial charge in [-0.25, -0.2) is 0 Å². The van der Waals surface area contributed by atoms with Crippen LogP contribution in [0.4, 0.5) is 0 Å². The number of ether oxygens (including phenoxy) is 4. The van der Waals surface area contributed by atoms with Crippen molar-refractivity contribution in [1.82, 2.24) is 0 Å². The van der Waals surface area contributed by atoms with Crippen molar-refractivity contribution < 1.29 is 38.0 Å². The molecule has 13 heteroatoms. The summed E-state index contributed by atoms with van der Waals surface area (Å²) in [6.45, 7) is -4.08. The topological polar surface area (TPSA) is 98.7 Å². The summed E-state index contributed by atoms with van der Waals surface area (Å²) in [7, 11) is 15.4. The van der Waals surface area contributed by atoms with E-state index in [-0.39, 0.29) is 31.1 Å². The maximum absolute atomic E-state index is 12.4. The third-order valence-corrected chi connectivity index (χ3v) is 5.22. The number of methoxy groups -OCH3 is 2. The highest BCUT2D eigenvalue weighted by Gasteiger charge is 2.37. The van der Waals surface area contributed by atoms with Gasteiger partial charge in [-0.1, -0.05) is 0 Å². The summed E-state index contributed by atoms with van der Waals surface area (Å²) >= 11 is 4.88. The molecule has 0 spiro atoms. The Kier molecular flexibility index (Phi) is 7.85. The van der Waals surface area contributed by atoms with Gasteiger partial charge < -0.3 is 38.0 Å². The molecule has 2 rings (SSSR count). The van der Waals surface area contributed by atoms with Crippen molar-refractivity contribution in [3.8, 4) is 0 Å². The van der Waals surface area contributed by atoms with Crippen LogP contribution in [0.5, 0.6) is 0 Å². The lowest BCUT2D eigenvalue weighted by molar-refractivity contribution is -0.207. The number of aliphatic hydroxyl groups is 1. The standard InChI is InChI=1S/C12H19B3O8PS/c1-18-4-8-11(10(16)12(13)22-8)23-24(17,25)20-5-7-6(19-2)3-9(15-14)21-7/h6-9,12,16H,3-5H2,1-2H3,(H,17,25)/p-1/t6-,7-,8?,9-,12?,24?/m1/s1. The van der Waals surface area contributed by atoms with E-state index >= 15 is 0 Å². The summed E-state index contributed by atoms with van der Waals surface area (Å²) in [5.74, 6) is -0.558. The zero-order valence-corrected chi connectivity index (χ0v) is 15.6. The van der Waals surface area contributed by atoms with Gasteiger partial charge in [-0.2, -0.15) is 0 Å². The molecule has 0 bridgehead atoms. The monoisotopic (exact) mass is 386 g/mol. The van der Waals surface area contributed by atoms with E-state index in [1.807, 2.05) is 0 Å². The summed E-state index contributed by atoms with van der Waals surface area (Å²) in [5.41, 5.74) is 0. The number of hydrogen-bond acceptors (Lipinski definition) is 9. The van der Waals surface area contributed by atoms with Crippen molar-refractivity contribution in [2.24, 2.45) is 0 Å². The van der Waals surface area contributed by atoms with Crippen LogP contribution < -0.4 is 4.89 Å². The Labute approximate surface area is 155 Å². The van der Waals surface area contributed by atoms with Gasteiger partial charge in [-0.15, -0.1) is 0 Å². The Bertz CT molecular complexity index is 538. The highest BCUT2D eigenvalue weighted by Crippen LogP contribution is 2.45. The first-order valence-electron chi connectivity index (χ1n) is 7.52. The summed E-state index contributed by atoms with van der Waals surface area (Å²) in [4.78, 5) is 12.4. The Balaban J connectivity index is 1.96. The number of hydrogen-bond donors (Lipinski definition) is 1. The maximum Gasteiger partial charge on any atom is 0.173 e. The van der Waals surface area contributed by atoms with E-state index in [1.165, 1.54) is 21.4 Å². The first-order chi connectivity index (χ1) is 11.8. The number of rotatable bonds is 9. The van der Waals surface area contributed by atoms with E-state index in [9.17, 15) is 10.00 Å². The molecule has 1 saturated heterocycles. The van der Waals surface area contributed by atoms with Crippen molar-refractivity contribution in [2.45, 2.75) is 36.7 Å². The van der Waals surface area contributed by atoms with Crippen LogP contribution in [0.2, 0.25) is 0 Å². The molecule has 25 heavy (non-hydrogen) atoms. The Morgan fingerprint density at radius 1 is 1.40 bits per heavy atom. The van der Waals surface area contributed by atoms with Crippen LogP contribution in [0, 0.1) is 0 Å². The normalized spacial score (nSPS) is 34.9. The molecule has 0 aliphatic carbocycles. The minimum Gasteiger partial charge on any atom is -0.770 e. The highest BCUT2D eigenvalue weighted by atomic mass is 32.5. The van der Waals surface area contributed by atoms with Crippen LogP contribution in [0.25, 0.3) is 0 Å². The Morgan fingerprint density at radius 3 is 2.72 bits per heavy atom. The van der Waals surface area contributed by atoms with E-state index in [2.05, 4.69) is 0 Å². The van der Waals surface area contributed by atoms with Crippen molar-refractivity contribution in [1.29, 1.82) is 0 Å². The van der Waals surface area contributed by atoms with Crippen molar-refractivity contribution in [3.63, 3.8) is 0 Å². The third-order valence-electron chi connectivity index (χ3n) is 3.80. The molecule has 8 nitrogen and oxygen atoms in total. The van der Waals surface area contributed by atoms with Crippen LogP contribution >= 0.6 is 6.72 Å². The van der Waals surface area contributed by atoms with Crippen LogP contribution in [-0.4, -0.2) is 85.6 Å². The second kappa shape index (κ2) is 9.24. The minimum atomic E-state index is -3.99. The van der Waals surface area contributed by atoms with E-state index in [4.69, 9.17) is 55.4 Å². The molecule has 2 aliphatic heterocycles. The van der Waals surface area contributed by atoms with Crippen LogP contribution in [0.15, 0.2) is 11.5 Å². The van der Waals surface area contributed by atoms with Gasteiger partial charge in [0.1, 0.15) is 20.1 Å². The smallest absolute Gasteiger partial charge is 0.173 e. The lowest BCUT2D eigenvalue weighted by Gasteiger charge is -2.31. The van der Waals surface area contributed by atoms with Gasteiger partial charge in [0.15, 0.2) is 18.2 Å². The molecular formula is C12H18B3O8PS-. The summed E-state index contributed by atoms with van der Waals surface area (Å²) < 4.78 is 31.5. The molecule has 0 saturated carbocycles. The fraction of sp³-hybridized carbons (Fsp3) is 0.833. The van der Waals surface area contributed by atoms with Crippen molar-refractivity contribution in [2.75, 3.05) is 27.4 Å². The molecule has 1 N–H and O–H groups in total.